The molecule has 0 amide bonds. The maximum absolute atomic E-state index is 13.3. The Bertz CT molecular complexity index is 565. The summed E-state index contributed by atoms with van der Waals surface area (Å²) in [6.07, 6.45) is 1.47. The number of ketones is 1. The largest absolute Gasteiger partial charge is 0.306 e. The molecule has 1 aliphatic heterocycles. The highest BCUT2D eigenvalue weighted by molar-refractivity contribution is 6.15. The van der Waals surface area contributed by atoms with E-state index in [0.717, 1.165) is 6.42 Å². The normalized spacial score (nSPS) is 28.6. The second-order valence-electron chi connectivity index (χ2n) is 6.23. The summed E-state index contributed by atoms with van der Waals surface area (Å²) in [7, 11) is 0. The number of benzene rings is 1. The van der Waals surface area contributed by atoms with Crippen molar-refractivity contribution in [3.63, 3.8) is 0 Å². The predicted molar refractivity (Wildman–Crippen MR) is 71.4 cm³/mol. The third-order valence-electron chi connectivity index (χ3n) is 3.94. The van der Waals surface area contributed by atoms with E-state index in [1.165, 1.54) is 12.1 Å². The molecule has 0 spiro atoms. The molecule has 2 aliphatic rings. The predicted octanol–water partition coefficient (Wildman–Crippen LogP) is 2.51. The van der Waals surface area contributed by atoms with Crippen LogP contribution in [0.15, 0.2) is 29.4 Å². The van der Waals surface area contributed by atoms with E-state index < -0.39 is 0 Å². The van der Waals surface area contributed by atoms with Crippen LogP contribution in [0.2, 0.25) is 0 Å². The Balaban J connectivity index is 1.93. The number of fused-ring (bicyclic) bond motifs is 1. The highest BCUT2D eigenvalue weighted by atomic mass is 19.1. The summed E-state index contributed by atoms with van der Waals surface area (Å²) >= 11 is 0. The zero-order valence-electron chi connectivity index (χ0n) is 11.1. The fourth-order valence-electron chi connectivity index (χ4n) is 3.17. The first kappa shape index (κ1) is 12.3. The first-order valence-electron chi connectivity index (χ1n) is 6.58. The van der Waals surface area contributed by atoms with Crippen LogP contribution < -0.4 is 5.43 Å². The van der Waals surface area contributed by atoms with Gasteiger partial charge in [-0.3, -0.25) is 4.79 Å². The van der Waals surface area contributed by atoms with Crippen molar-refractivity contribution in [2.24, 2.45) is 16.4 Å². The van der Waals surface area contributed by atoms with Crippen molar-refractivity contribution in [2.75, 3.05) is 0 Å². The van der Waals surface area contributed by atoms with Crippen LogP contribution in [0, 0.1) is 17.2 Å². The monoisotopic (exact) mass is 260 g/mol. The number of rotatable bonds is 1. The Morgan fingerprint density at radius 3 is 2.95 bits per heavy atom. The Labute approximate surface area is 111 Å². The van der Waals surface area contributed by atoms with Crippen molar-refractivity contribution in [3.8, 4) is 0 Å². The highest BCUT2D eigenvalue weighted by Crippen LogP contribution is 2.39. The molecule has 2 atom stereocenters. The Morgan fingerprint density at radius 1 is 1.42 bits per heavy atom. The lowest BCUT2D eigenvalue weighted by atomic mass is 9.68. The first-order valence-corrected chi connectivity index (χ1v) is 6.58. The van der Waals surface area contributed by atoms with Gasteiger partial charge in [0, 0.05) is 12.0 Å². The number of hydrazone groups is 1. The van der Waals surface area contributed by atoms with E-state index in [-0.39, 0.29) is 29.0 Å². The van der Waals surface area contributed by atoms with E-state index in [1.807, 2.05) is 0 Å². The third-order valence-corrected chi connectivity index (χ3v) is 3.94. The fourth-order valence-corrected chi connectivity index (χ4v) is 3.17. The summed E-state index contributed by atoms with van der Waals surface area (Å²) in [5.74, 6) is -0.323. The topological polar surface area (TPSA) is 41.5 Å². The molecule has 19 heavy (non-hydrogen) atoms. The molecule has 0 bridgehead atoms. The van der Waals surface area contributed by atoms with Gasteiger partial charge < -0.3 is 5.43 Å². The lowest BCUT2D eigenvalue weighted by Gasteiger charge is -2.36. The molecule has 2 unspecified atom stereocenters. The standard InChI is InChI=1S/C15H17FN2O/c1-15(2)7-11-13(12(19)8-15)14(18-17-11)9-4-3-5-10(16)6-9/h3-6,11,13,17H,7-8H2,1-2H3. The van der Waals surface area contributed by atoms with Crippen molar-refractivity contribution in [1.82, 2.24) is 5.43 Å². The van der Waals surface area contributed by atoms with E-state index in [4.69, 9.17) is 0 Å². The third kappa shape index (κ3) is 2.15. The second-order valence-corrected chi connectivity index (χ2v) is 6.23. The molecule has 1 saturated carbocycles. The molecule has 1 fully saturated rings. The van der Waals surface area contributed by atoms with Gasteiger partial charge >= 0.3 is 0 Å². The Hall–Kier alpha value is -1.71. The van der Waals surface area contributed by atoms with Crippen molar-refractivity contribution < 1.29 is 9.18 Å². The lowest BCUT2D eigenvalue weighted by Crippen LogP contribution is -2.45. The molecule has 1 heterocycles. The smallest absolute Gasteiger partial charge is 0.144 e. The van der Waals surface area contributed by atoms with Gasteiger partial charge in [-0.2, -0.15) is 5.10 Å². The van der Waals surface area contributed by atoms with E-state index in [0.29, 0.717) is 17.7 Å². The Kier molecular flexibility index (Phi) is 2.69. The van der Waals surface area contributed by atoms with E-state index in [2.05, 4.69) is 24.4 Å². The fraction of sp³-hybridized carbons (Fsp3) is 0.467. The van der Waals surface area contributed by atoms with Gasteiger partial charge in [0.25, 0.3) is 0 Å². The zero-order chi connectivity index (χ0) is 13.6. The van der Waals surface area contributed by atoms with Crippen LogP contribution in [-0.4, -0.2) is 17.5 Å². The summed E-state index contributed by atoms with van der Waals surface area (Å²) in [5.41, 5.74) is 4.46. The molecular weight excluding hydrogens is 243 g/mol. The summed E-state index contributed by atoms with van der Waals surface area (Å²) in [6.45, 7) is 4.20. The molecule has 1 aromatic carbocycles. The van der Waals surface area contributed by atoms with Crippen molar-refractivity contribution in [2.45, 2.75) is 32.7 Å². The Morgan fingerprint density at radius 2 is 2.21 bits per heavy atom. The van der Waals surface area contributed by atoms with Crippen LogP contribution in [0.3, 0.4) is 0 Å². The summed E-state index contributed by atoms with van der Waals surface area (Å²) in [5, 5.41) is 4.29. The minimum Gasteiger partial charge on any atom is -0.306 e. The maximum Gasteiger partial charge on any atom is 0.144 e. The van der Waals surface area contributed by atoms with Gasteiger partial charge in [-0.25, -0.2) is 4.39 Å². The number of carbonyl (C=O) groups is 1. The van der Waals surface area contributed by atoms with E-state index >= 15 is 0 Å². The molecule has 1 aromatic rings. The zero-order valence-corrected chi connectivity index (χ0v) is 11.1. The van der Waals surface area contributed by atoms with Gasteiger partial charge in [0.15, 0.2) is 0 Å². The molecule has 3 rings (SSSR count). The van der Waals surface area contributed by atoms with Gasteiger partial charge in [0.2, 0.25) is 0 Å². The van der Waals surface area contributed by atoms with Crippen LogP contribution in [0.1, 0.15) is 32.3 Å². The number of nitrogens with zero attached hydrogens (tertiary/aromatic N) is 1. The number of carbonyl (C=O) groups excluding carboxylic acids is 1. The molecular formula is C15H17FN2O. The minimum absolute atomic E-state index is 0.0121. The average Bonchev–Trinajstić information content (AvgIpc) is 2.71. The number of nitrogens with one attached hydrogen (secondary N) is 1. The number of hydrogen-bond donors (Lipinski definition) is 1. The molecule has 3 nitrogen and oxygen atoms in total. The van der Waals surface area contributed by atoms with E-state index in [1.54, 1.807) is 12.1 Å². The van der Waals surface area contributed by atoms with Gasteiger partial charge in [-0.15, -0.1) is 0 Å². The van der Waals surface area contributed by atoms with Crippen LogP contribution in [0.25, 0.3) is 0 Å². The van der Waals surface area contributed by atoms with Gasteiger partial charge in [0.05, 0.1) is 17.7 Å². The van der Waals surface area contributed by atoms with Crippen molar-refractivity contribution in [3.05, 3.63) is 35.6 Å². The van der Waals surface area contributed by atoms with Gasteiger partial charge in [-0.1, -0.05) is 26.0 Å². The SMILES string of the molecule is CC1(C)CC(=O)C2C(c3cccc(F)c3)=NNC2C1. The molecule has 1 N–H and O–H groups in total. The lowest BCUT2D eigenvalue weighted by molar-refractivity contribution is -0.126. The molecule has 4 heteroatoms. The van der Waals surface area contributed by atoms with Crippen LogP contribution >= 0.6 is 0 Å². The van der Waals surface area contributed by atoms with E-state index in [9.17, 15) is 9.18 Å². The highest BCUT2D eigenvalue weighted by Gasteiger charge is 2.46. The first-order chi connectivity index (χ1) is 8.96. The quantitative estimate of drug-likeness (QED) is 0.843. The molecule has 100 valence electrons. The summed E-state index contributed by atoms with van der Waals surface area (Å²) in [6, 6.07) is 6.34. The summed E-state index contributed by atoms with van der Waals surface area (Å²) < 4.78 is 13.3. The van der Waals surface area contributed by atoms with Crippen LogP contribution in [0.4, 0.5) is 4.39 Å². The molecule has 0 radical (unpaired) electrons. The van der Waals surface area contributed by atoms with Crippen molar-refractivity contribution >= 4 is 11.5 Å². The minimum atomic E-state index is -0.299. The molecule has 0 saturated heterocycles. The van der Waals surface area contributed by atoms with Crippen LogP contribution in [-0.2, 0) is 4.79 Å². The van der Waals surface area contributed by atoms with Gasteiger partial charge in [0.1, 0.15) is 11.6 Å². The van der Waals surface area contributed by atoms with Crippen molar-refractivity contribution in [1.29, 1.82) is 0 Å². The van der Waals surface area contributed by atoms with Crippen LogP contribution in [0.5, 0.6) is 0 Å². The number of Topliss-reactive ketones (excluding diaryl/α,β-unsaturated/α-hetero) is 1. The molecule has 0 aromatic heterocycles. The average molecular weight is 260 g/mol. The summed E-state index contributed by atoms with van der Waals surface area (Å²) in [4.78, 5) is 12.3. The van der Waals surface area contributed by atoms with Gasteiger partial charge in [-0.05, 0) is 24.0 Å². The number of halogens is 1. The maximum atomic E-state index is 13.3. The second kappa shape index (κ2) is 4.15. The number of hydrogen-bond acceptors (Lipinski definition) is 3. The molecule has 1 aliphatic carbocycles.